The van der Waals surface area contributed by atoms with E-state index in [1.165, 1.54) is 36.8 Å². The lowest BCUT2D eigenvalue weighted by atomic mass is 10.1. The molecule has 2 N–H and O–H groups in total. The van der Waals surface area contributed by atoms with Crippen LogP contribution in [0.15, 0.2) is 94.7 Å². The maximum Gasteiger partial charge on any atom is 0.271 e. The van der Waals surface area contributed by atoms with E-state index >= 15 is 0 Å². The predicted octanol–water partition coefficient (Wildman–Crippen LogP) is 6.21. The number of carbonyl (C=O) groups is 1. The second-order valence-electron chi connectivity index (χ2n) is 9.28. The lowest BCUT2D eigenvalue weighted by Gasteiger charge is -2.19. The average molecular weight is 602 g/mol. The second-order valence-corrected chi connectivity index (χ2v) is 12.3. The van der Waals surface area contributed by atoms with Crippen LogP contribution in [0.4, 0.5) is 5.13 Å². The summed E-state index contributed by atoms with van der Waals surface area (Å²) >= 11 is 1.26. The number of hydrogen-bond donors (Lipinski definition) is 2. The van der Waals surface area contributed by atoms with Gasteiger partial charge in [0.15, 0.2) is 16.6 Å². The van der Waals surface area contributed by atoms with Gasteiger partial charge in [0.05, 0.1) is 34.2 Å². The number of thiazole rings is 1. The second kappa shape index (κ2) is 12.0. The smallest absolute Gasteiger partial charge is 0.271 e. The molecule has 0 aliphatic rings. The summed E-state index contributed by atoms with van der Waals surface area (Å²) in [6.45, 7) is 1.89. The number of anilines is 1. The van der Waals surface area contributed by atoms with Crippen LogP contribution in [0.2, 0.25) is 0 Å². The number of rotatable bonds is 10. The Bertz CT molecular complexity index is 1810. The van der Waals surface area contributed by atoms with E-state index < -0.39 is 21.8 Å². The summed E-state index contributed by atoms with van der Waals surface area (Å²) in [6, 6.07) is 22.9. The summed E-state index contributed by atoms with van der Waals surface area (Å²) < 4.78 is 44.0. The summed E-state index contributed by atoms with van der Waals surface area (Å²) in [5.74, 6) is 0.958. The van der Waals surface area contributed by atoms with Crippen molar-refractivity contribution in [1.82, 2.24) is 4.98 Å². The van der Waals surface area contributed by atoms with Gasteiger partial charge in [0.1, 0.15) is 5.75 Å². The van der Waals surface area contributed by atoms with Crippen molar-refractivity contribution < 1.29 is 27.4 Å². The molecule has 214 valence electrons. The van der Waals surface area contributed by atoms with E-state index in [4.69, 9.17) is 19.6 Å². The van der Waals surface area contributed by atoms with Gasteiger partial charge in [0.2, 0.25) is 15.9 Å². The number of methoxy groups -OCH3 is 2. The standard InChI is InChI=1S/C31H27N3O6S2/c1-19-4-12-23(13-5-19)42(36,37)24-14-8-21(9-15-24)29(40-22-10-6-20(18-32)7-11-22)30(35)34-31-33-25-16-26(38-2)27(39-3)17-28(25)41-31/h4-18,29,32H,1-3H3,(H,33,34,35). The Morgan fingerprint density at radius 3 is 2.10 bits per heavy atom. The average Bonchev–Trinajstić information content (AvgIpc) is 3.40. The van der Waals surface area contributed by atoms with Crippen LogP contribution < -0.4 is 19.5 Å². The highest BCUT2D eigenvalue weighted by molar-refractivity contribution is 7.91. The number of amides is 1. The molecule has 5 aromatic rings. The number of carbonyl (C=O) groups excluding carboxylic acids is 1. The Balaban J connectivity index is 1.46. The molecule has 0 saturated heterocycles. The monoisotopic (exact) mass is 601 g/mol. The minimum absolute atomic E-state index is 0.0960. The number of ether oxygens (including phenoxy) is 3. The number of fused-ring (bicyclic) bond motifs is 1. The van der Waals surface area contributed by atoms with Gasteiger partial charge in [-0.1, -0.05) is 41.2 Å². The fourth-order valence-electron chi connectivity index (χ4n) is 4.21. The van der Waals surface area contributed by atoms with Crippen molar-refractivity contribution in [2.45, 2.75) is 22.8 Å². The zero-order valence-corrected chi connectivity index (χ0v) is 24.6. The van der Waals surface area contributed by atoms with Crippen molar-refractivity contribution in [2.24, 2.45) is 0 Å². The van der Waals surface area contributed by atoms with E-state index in [0.29, 0.717) is 39.0 Å². The molecular formula is C31H27N3O6S2. The maximum atomic E-state index is 13.6. The van der Waals surface area contributed by atoms with E-state index in [2.05, 4.69) is 10.3 Å². The fourth-order valence-corrected chi connectivity index (χ4v) is 6.35. The van der Waals surface area contributed by atoms with Crippen molar-refractivity contribution in [2.75, 3.05) is 19.5 Å². The van der Waals surface area contributed by atoms with Crippen LogP contribution in [-0.2, 0) is 14.6 Å². The lowest BCUT2D eigenvalue weighted by molar-refractivity contribution is -0.123. The summed E-state index contributed by atoms with van der Waals surface area (Å²) in [5.41, 5.74) is 2.69. The number of nitrogens with one attached hydrogen (secondary N) is 2. The van der Waals surface area contributed by atoms with E-state index in [-0.39, 0.29) is 9.79 Å². The third-order valence-corrected chi connectivity index (χ3v) is 9.21. The van der Waals surface area contributed by atoms with Gasteiger partial charge in [0, 0.05) is 23.9 Å². The molecule has 1 heterocycles. The van der Waals surface area contributed by atoms with Gasteiger partial charge < -0.3 is 19.6 Å². The Hall–Kier alpha value is -4.74. The number of sulfone groups is 1. The molecule has 0 saturated carbocycles. The molecule has 0 spiro atoms. The first-order valence-corrected chi connectivity index (χ1v) is 15.0. The Morgan fingerprint density at radius 2 is 1.50 bits per heavy atom. The van der Waals surface area contributed by atoms with Gasteiger partial charge in [-0.15, -0.1) is 0 Å². The first kappa shape index (κ1) is 28.8. The highest BCUT2D eigenvalue weighted by atomic mass is 32.2. The van der Waals surface area contributed by atoms with Crippen molar-refractivity contribution >= 4 is 48.6 Å². The Kier molecular flexibility index (Phi) is 8.23. The largest absolute Gasteiger partial charge is 0.493 e. The summed E-state index contributed by atoms with van der Waals surface area (Å²) in [4.78, 5) is 18.4. The van der Waals surface area contributed by atoms with Gasteiger partial charge in [-0.25, -0.2) is 13.4 Å². The SMILES string of the molecule is COc1cc2nc(NC(=O)C(Oc3ccc(C=N)cc3)c3ccc(S(=O)(=O)c4ccc(C)cc4)cc3)sc2cc1OC. The molecule has 1 aromatic heterocycles. The number of hydrogen-bond acceptors (Lipinski definition) is 9. The fraction of sp³-hybridized carbons (Fsp3) is 0.129. The van der Waals surface area contributed by atoms with E-state index in [9.17, 15) is 13.2 Å². The third kappa shape index (κ3) is 5.97. The van der Waals surface area contributed by atoms with E-state index in [1.54, 1.807) is 79.9 Å². The van der Waals surface area contributed by atoms with Gasteiger partial charge in [-0.2, -0.15) is 0 Å². The molecule has 11 heteroatoms. The zero-order valence-electron chi connectivity index (χ0n) is 23.0. The highest BCUT2D eigenvalue weighted by Gasteiger charge is 2.26. The van der Waals surface area contributed by atoms with Crippen LogP contribution in [0.5, 0.6) is 17.2 Å². The molecule has 5 rings (SSSR count). The first-order chi connectivity index (χ1) is 20.2. The molecule has 0 radical (unpaired) electrons. The molecule has 0 aliphatic heterocycles. The molecule has 0 fully saturated rings. The van der Waals surface area contributed by atoms with Crippen molar-refractivity contribution in [1.29, 1.82) is 5.41 Å². The topological polar surface area (TPSA) is 128 Å². The van der Waals surface area contributed by atoms with Crippen LogP contribution in [0.3, 0.4) is 0 Å². The minimum atomic E-state index is -3.75. The quantitative estimate of drug-likeness (QED) is 0.182. The van der Waals surface area contributed by atoms with E-state index in [1.807, 2.05) is 6.92 Å². The zero-order chi connectivity index (χ0) is 29.9. The van der Waals surface area contributed by atoms with Crippen LogP contribution >= 0.6 is 11.3 Å². The third-order valence-electron chi connectivity index (χ3n) is 6.49. The number of aryl methyl sites for hydroxylation is 1. The summed E-state index contributed by atoms with van der Waals surface area (Å²) in [7, 11) is -0.674. The number of nitrogens with zero attached hydrogens (tertiary/aromatic N) is 1. The lowest BCUT2D eigenvalue weighted by Crippen LogP contribution is -2.25. The number of aromatic nitrogens is 1. The van der Waals surface area contributed by atoms with Gasteiger partial charge >= 0.3 is 0 Å². The summed E-state index contributed by atoms with van der Waals surface area (Å²) in [5, 5.41) is 10.6. The Labute approximate surface area is 247 Å². The van der Waals surface area contributed by atoms with Gasteiger partial charge in [0.25, 0.3) is 5.91 Å². The predicted molar refractivity (Wildman–Crippen MR) is 162 cm³/mol. The molecule has 1 amide bonds. The van der Waals surface area contributed by atoms with Crippen LogP contribution in [0.1, 0.15) is 22.8 Å². The molecular weight excluding hydrogens is 574 g/mol. The summed E-state index contributed by atoms with van der Waals surface area (Å²) in [6.07, 6.45) is 0.0706. The van der Waals surface area contributed by atoms with Crippen molar-refractivity contribution in [3.05, 3.63) is 102 Å². The normalized spacial score (nSPS) is 12.0. The van der Waals surface area contributed by atoms with Crippen LogP contribution in [0, 0.1) is 12.3 Å². The van der Waals surface area contributed by atoms with Crippen LogP contribution in [-0.4, -0.2) is 39.7 Å². The number of benzene rings is 4. The Morgan fingerprint density at radius 1 is 0.905 bits per heavy atom. The van der Waals surface area contributed by atoms with Gasteiger partial charge in [-0.05, 0) is 61.0 Å². The molecule has 4 aromatic carbocycles. The maximum absolute atomic E-state index is 13.6. The molecule has 1 atom stereocenters. The minimum Gasteiger partial charge on any atom is -0.493 e. The highest BCUT2D eigenvalue weighted by Crippen LogP contribution is 2.36. The van der Waals surface area contributed by atoms with Crippen molar-refractivity contribution in [3.63, 3.8) is 0 Å². The molecule has 42 heavy (non-hydrogen) atoms. The van der Waals surface area contributed by atoms with Gasteiger partial charge in [-0.3, -0.25) is 10.1 Å². The molecule has 1 unspecified atom stereocenters. The first-order valence-electron chi connectivity index (χ1n) is 12.7. The van der Waals surface area contributed by atoms with Crippen LogP contribution in [0.25, 0.3) is 10.2 Å². The molecule has 0 aliphatic carbocycles. The van der Waals surface area contributed by atoms with E-state index in [0.717, 1.165) is 10.3 Å². The van der Waals surface area contributed by atoms with Crippen molar-refractivity contribution in [3.8, 4) is 17.2 Å². The molecule has 9 nitrogen and oxygen atoms in total. The molecule has 0 bridgehead atoms.